The van der Waals surface area contributed by atoms with E-state index in [1.54, 1.807) is 0 Å². The van der Waals surface area contributed by atoms with Crippen molar-refractivity contribution in [2.75, 3.05) is 13.2 Å². The third-order valence-electron chi connectivity index (χ3n) is 13.5. The molecule has 6 heteroatoms. The molecule has 0 N–H and O–H groups in total. The first-order valence-corrected chi connectivity index (χ1v) is 28.6. The SMILES string of the molecule is CCC(C)CCCCCCCCC(=O)OC[C@@H](COC(=O)CCCCCCCCCCCCCCC(C)C)OC(=O)CCCCCCCCCCCCCCCCCCCCC(C)C. The van der Waals surface area contributed by atoms with E-state index < -0.39 is 6.10 Å². The Bertz CT molecular complexity index is 993. The highest BCUT2D eigenvalue weighted by molar-refractivity contribution is 5.71. The van der Waals surface area contributed by atoms with E-state index in [4.69, 9.17) is 14.2 Å². The summed E-state index contributed by atoms with van der Waals surface area (Å²) < 4.78 is 16.9. The minimum absolute atomic E-state index is 0.0645. The predicted octanol–water partition coefficient (Wildman–Crippen LogP) is 18.7. The Kier molecular flexibility index (Phi) is 48.1. The van der Waals surface area contributed by atoms with Gasteiger partial charge in [0.1, 0.15) is 13.2 Å². The first-order valence-electron chi connectivity index (χ1n) is 28.6. The van der Waals surface area contributed by atoms with Gasteiger partial charge >= 0.3 is 17.9 Å². The van der Waals surface area contributed by atoms with Crippen molar-refractivity contribution >= 4 is 17.9 Å². The summed E-state index contributed by atoms with van der Waals surface area (Å²) in [6, 6.07) is 0. The van der Waals surface area contributed by atoms with Crippen molar-refractivity contribution in [3.05, 3.63) is 0 Å². The molecule has 0 amide bonds. The average molecular weight is 906 g/mol. The first kappa shape index (κ1) is 62.4. The Balaban J connectivity index is 4.23. The maximum atomic E-state index is 12.8. The van der Waals surface area contributed by atoms with Crippen LogP contribution in [0.5, 0.6) is 0 Å². The molecule has 0 aliphatic heterocycles. The minimum Gasteiger partial charge on any atom is -0.462 e. The van der Waals surface area contributed by atoms with E-state index in [2.05, 4.69) is 41.5 Å². The Morgan fingerprint density at radius 1 is 0.312 bits per heavy atom. The predicted molar refractivity (Wildman–Crippen MR) is 275 cm³/mol. The summed E-state index contributed by atoms with van der Waals surface area (Å²) in [6.07, 6.45) is 51.0. The van der Waals surface area contributed by atoms with Crippen molar-refractivity contribution in [2.45, 2.75) is 324 Å². The van der Waals surface area contributed by atoms with Crippen LogP contribution in [-0.2, 0) is 28.6 Å². The van der Waals surface area contributed by atoms with E-state index in [0.29, 0.717) is 19.3 Å². The van der Waals surface area contributed by atoms with Crippen LogP contribution in [0.15, 0.2) is 0 Å². The molecule has 0 aromatic rings. The van der Waals surface area contributed by atoms with Gasteiger partial charge in [0, 0.05) is 19.3 Å². The molecule has 2 atom stereocenters. The molecular formula is C58H112O6. The molecule has 1 unspecified atom stereocenters. The monoisotopic (exact) mass is 905 g/mol. The maximum absolute atomic E-state index is 12.8. The molecule has 0 saturated carbocycles. The Hall–Kier alpha value is -1.59. The zero-order chi connectivity index (χ0) is 47.0. The normalized spacial score (nSPS) is 12.6. The van der Waals surface area contributed by atoms with Crippen LogP contribution >= 0.6 is 0 Å². The summed E-state index contributed by atoms with van der Waals surface area (Å²) in [6.45, 7) is 13.7. The largest absolute Gasteiger partial charge is 0.462 e. The van der Waals surface area contributed by atoms with Crippen molar-refractivity contribution in [2.24, 2.45) is 17.8 Å². The van der Waals surface area contributed by atoms with Crippen LogP contribution in [0.3, 0.4) is 0 Å². The van der Waals surface area contributed by atoms with E-state index in [1.165, 1.54) is 199 Å². The van der Waals surface area contributed by atoms with E-state index in [-0.39, 0.29) is 31.1 Å². The van der Waals surface area contributed by atoms with Crippen LogP contribution in [0.2, 0.25) is 0 Å². The molecule has 0 spiro atoms. The molecule has 0 saturated heterocycles. The molecule has 0 aliphatic rings. The standard InChI is InChI=1S/C58H112O6/c1-7-54(6)46-40-34-30-31-36-42-48-57(60)63-51-55(50-62-56(59)47-41-35-28-24-20-17-16-19-23-27-33-39-45-53(4)5)64-58(61)49-43-37-29-25-21-15-13-11-9-8-10-12-14-18-22-26-32-38-44-52(2)3/h52-55H,7-51H2,1-6H3/t54?,55-/m1/s1. The second-order valence-corrected chi connectivity index (χ2v) is 21.1. The van der Waals surface area contributed by atoms with Gasteiger partial charge in [0.25, 0.3) is 0 Å². The summed E-state index contributed by atoms with van der Waals surface area (Å²) in [4.78, 5) is 38.1. The topological polar surface area (TPSA) is 78.9 Å². The number of carbonyl (C=O) groups excluding carboxylic acids is 3. The van der Waals surface area contributed by atoms with Crippen LogP contribution in [-0.4, -0.2) is 37.2 Å². The molecule has 64 heavy (non-hydrogen) atoms. The maximum Gasteiger partial charge on any atom is 0.306 e. The van der Waals surface area contributed by atoms with Gasteiger partial charge in [-0.15, -0.1) is 0 Å². The molecular weight excluding hydrogens is 793 g/mol. The molecule has 0 fully saturated rings. The molecule has 0 aromatic carbocycles. The second-order valence-electron chi connectivity index (χ2n) is 21.1. The molecule has 6 nitrogen and oxygen atoms in total. The van der Waals surface area contributed by atoms with E-state index in [0.717, 1.165) is 75.5 Å². The van der Waals surface area contributed by atoms with Crippen molar-refractivity contribution in [1.82, 2.24) is 0 Å². The van der Waals surface area contributed by atoms with Gasteiger partial charge in [-0.05, 0) is 37.0 Å². The van der Waals surface area contributed by atoms with Crippen molar-refractivity contribution < 1.29 is 28.6 Å². The van der Waals surface area contributed by atoms with Crippen LogP contribution in [0.25, 0.3) is 0 Å². The van der Waals surface area contributed by atoms with Crippen LogP contribution < -0.4 is 0 Å². The van der Waals surface area contributed by atoms with Gasteiger partial charge in [-0.1, -0.05) is 279 Å². The zero-order valence-electron chi connectivity index (χ0n) is 44.1. The molecule has 0 bridgehead atoms. The fourth-order valence-electron chi connectivity index (χ4n) is 8.79. The molecule has 0 radical (unpaired) electrons. The highest BCUT2D eigenvalue weighted by atomic mass is 16.6. The number of ether oxygens (including phenoxy) is 3. The molecule has 0 aliphatic carbocycles. The van der Waals surface area contributed by atoms with Gasteiger partial charge in [-0.2, -0.15) is 0 Å². The zero-order valence-corrected chi connectivity index (χ0v) is 44.1. The summed E-state index contributed by atoms with van der Waals surface area (Å²) in [5, 5.41) is 0. The third kappa shape index (κ3) is 49.8. The Morgan fingerprint density at radius 2 is 0.547 bits per heavy atom. The fraction of sp³-hybridized carbons (Fsp3) is 0.948. The van der Waals surface area contributed by atoms with Gasteiger partial charge < -0.3 is 14.2 Å². The second kappa shape index (κ2) is 49.3. The Morgan fingerprint density at radius 3 is 0.812 bits per heavy atom. The van der Waals surface area contributed by atoms with Crippen molar-refractivity contribution in [3.8, 4) is 0 Å². The smallest absolute Gasteiger partial charge is 0.306 e. The van der Waals surface area contributed by atoms with Gasteiger partial charge in [0.15, 0.2) is 6.10 Å². The van der Waals surface area contributed by atoms with E-state index >= 15 is 0 Å². The van der Waals surface area contributed by atoms with Crippen LogP contribution in [0, 0.1) is 17.8 Å². The lowest BCUT2D eigenvalue weighted by Gasteiger charge is -2.18. The van der Waals surface area contributed by atoms with E-state index in [9.17, 15) is 14.4 Å². The van der Waals surface area contributed by atoms with Crippen molar-refractivity contribution in [3.63, 3.8) is 0 Å². The lowest BCUT2D eigenvalue weighted by atomic mass is 10.00. The summed E-state index contributed by atoms with van der Waals surface area (Å²) >= 11 is 0. The van der Waals surface area contributed by atoms with Gasteiger partial charge in [0.2, 0.25) is 0 Å². The number of rotatable bonds is 51. The van der Waals surface area contributed by atoms with Gasteiger partial charge in [-0.3, -0.25) is 14.4 Å². The third-order valence-corrected chi connectivity index (χ3v) is 13.5. The number of unbranched alkanes of at least 4 members (excludes halogenated alkanes) is 33. The van der Waals surface area contributed by atoms with Gasteiger partial charge in [-0.25, -0.2) is 0 Å². The summed E-state index contributed by atoms with van der Waals surface area (Å²) in [7, 11) is 0. The quantitative estimate of drug-likeness (QED) is 0.0344. The van der Waals surface area contributed by atoms with Gasteiger partial charge in [0.05, 0.1) is 0 Å². The minimum atomic E-state index is -0.764. The first-order chi connectivity index (χ1) is 31.1. The molecule has 0 aromatic heterocycles. The highest BCUT2D eigenvalue weighted by Crippen LogP contribution is 2.19. The van der Waals surface area contributed by atoms with Crippen molar-refractivity contribution in [1.29, 1.82) is 0 Å². The molecule has 380 valence electrons. The van der Waals surface area contributed by atoms with Crippen LogP contribution in [0.4, 0.5) is 0 Å². The molecule has 0 heterocycles. The van der Waals surface area contributed by atoms with Crippen LogP contribution in [0.1, 0.15) is 318 Å². The lowest BCUT2D eigenvalue weighted by molar-refractivity contribution is -0.167. The molecule has 0 rings (SSSR count). The lowest BCUT2D eigenvalue weighted by Crippen LogP contribution is -2.30. The highest BCUT2D eigenvalue weighted by Gasteiger charge is 2.19. The number of esters is 3. The summed E-state index contributed by atoms with van der Waals surface area (Å²) in [5.41, 5.74) is 0. The summed E-state index contributed by atoms with van der Waals surface area (Å²) in [5.74, 6) is 1.66. The Labute approximate surface area is 399 Å². The fourth-order valence-corrected chi connectivity index (χ4v) is 8.79. The number of carbonyl (C=O) groups is 3. The van der Waals surface area contributed by atoms with E-state index in [1.807, 2.05) is 0 Å². The average Bonchev–Trinajstić information content (AvgIpc) is 3.27. The number of hydrogen-bond donors (Lipinski definition) is 0. The number of hydrogen-bond acceptors (Lipinski definition) is 6.